The lowest BCUT2D eigenvalue weighted by molar-refractivity contribution is -0.148. The van der Waals surface area contributed by atoms with Crippen LogP contribution in [-0.2, 0) is 25.4 Å². The van der Waals surface area contributed by atoms with E-state index in [9.17, 15) is 4.79 Å². The third-order valence-electron chi connectivity index (χ3n) is 7.52. The second kappa shape index (κ2) is 15.6. The SMILES string of the molecule is CCOC(=O)COCCOCCCCCOc1cc(F)c(C2c3[nH]c4c(c3C[C@@H](C)N2CC(C)(C)F)=C=CC=CC=4)c(F)c1. The Labute approximate surface area is 257 Å². The molecule has 44 heavy (non-hydrogen) atoms. The van der Waals surface area contributed by atoms with Gasteiger partial charge in [-0.3, -0.25) is 4.90 Å². The number of aromatic amines is 1. The zero-order valence-electron chi connectivity index (χ0n) is 26.0. The molecule has 1 unspecified atom stereocenters. The number of benzene rings is 1. The Kier molecular flexibility index (Phi) is 11.9. The van der Waals surface area contributed by atoms with Gasteiger partial charge >= 0.3 is 5.97 Å². The first-order valence-corrected chi connectivity index (χ1v) is 15.3. The summed E-state index contributed by atoms with van der Waals surface area (Å²) < 4.78 is 67.8. The molecule has 0 fully saturated rings. The molecule has 7 nitrogen and oxygen atoms in total. The van der Waals surface area contributed by atoms with Gasteiger partial charge < -0.3 is 23.9 Å². The molecule has 2 aromatic rings. The van der Waals surface area contributed by atoms with Crippen molar-refractivity contribution in [3.63, 3.8) is 0 Å². The highest BCUT2D eigenvalue weighted by Gasteiger charge is 2.40. The summed E-state index contributed by atoms with van der Waals surface area (Å²) in [6.45, 7) is 8.38. The number of halogens is 3. The van der Waals surface area contributed by atoms with Gasteiger partial charge in [-0.1, -0.05) is 12.2 Å². The van der Waals surface area contributed by atoms with Crippen molar-refractivity contribution in [2.45, 2.75) is 71.1 Å². The van der Waals surface area contributed by atoms with Gasteiger partial charge in [-0.2, -0.15) is 0 Å². The molecule has 1 aliphatic carbocycles. The summed E-state index contributed by atoms with van der Waals surface area (Å²) >= 11 is 0. The summed E-state index contributed by atoms with van der Waals surface area (Å²) in [6, 6.07) is 1.41. The molecule has 10 heteroatoms. The number of fused-ring (bicyclic) bond motifs is 3. The van der Waals surface area contributed by atoms with Gasteiger partial charge in [0.25, 0.3) is 0 Å². The molecular formula is C34H43F3N2O5. The van der Waals surface area contributed by atoms with Crippen LogP contribution in [0.4, 0.5) is 13.2 Å². The standard InChI is InChI=1S/C34H43F3N2O5/c1-5-43-30(40)21-42-17-16-41-14-10-7-11-15-44-24-19-27(35)31(28(36)20-24)33-32-26(18-23(2)39(33)22-34(3,4)37)25-12-8-6-9-13-29(25)38-32/h6,8-9,13,19-20,23,33,38H,5,7,10-11,14-18,21-22H2,1-4H3/t23-,33?/m1/s1. The third kappa shape index (κ3) is 8.88. The molecule has 2 heterocycles. The van der Waals surface area contributed by atoms with Crippen LogP contribution >= 0.6 is 0 Å². The fraction of sp³-hybridized carbons (Fsp3) is 0.529. The summed E-state index contributed by atoms with van der Waals surface area (Å²) in [5, 5.41) is 1.68. The maximum atomic E-state index is 15.8. The zero-order valence-corrected chi connectivity index (χ0v) is 26.0. The molecule has 0 amide bonds. The molecule has 0 radical (unpaired) electrons. The van der Waals surface area contributed by atoms with Gasteiger partial charge in [0.1, 0.15) is 29.7 Å². The summed E-state index contributed by atoms with van der Waals surface area (Å²) in [6.07, 6.45) is 10.4. The van der Waals surface area contributed by atoms with E-state index in [0.717, 1.165) is 29.0 Å². The van der Waals surface area contributed by atoms with Crippen LogP contribution in [-0.4, -0.2) is 73.7 Å². The minimum Gasteiger partial charge on any atom is -0.493 e. The average molecular weight is 617 g/mol. The van der Waals surface area contributed by atoms with Crippen molar-refractivity contribution in [1.29, 1.82) is 0 Å². The molecule has 2 aliphatic rings. The van der Waals surface area contributed by atoms with Gasteiger partial charge in [0, 0.05) is 47.8 Å². The largest absolute Gasteiger partial charge is 0.493 e. The summed E-state index contributed by atoms with van der Waals surface area (Å²) in [7, 11) is 0. The monoisotopic (exact) mass is 616 g/mol. The Morgan fingerprint density at radius 3 is 2.52 bits per heavy atom. The third-order valence-corrected chi connectivity index (χ3v) is 7.52. The number of hydrogen-bond acceptors (Lipinski definition) is 6. The number of nitrogens with zero attached hydrogens (tertiary/aromatic N) is 1. The second-order valence-electron chi connectivity index (χ2n) is 11.7. The van der Waals surface area contributed by atoms with Crippen LogP contribution in [0.15, 0.2) is 30.4 Å². The second-order valence-corrected chi connectivity index (χ2v) is 11.7. The minimum atomic E-state index is -1.58. The number of nitrogens with one attached hydrogen (secondary N) is 1. The zero-order chi connectivity index (χ0) is 31.7. The number of carbonyl (C=O) groups is 1. The number of unbranched alkanes of at least 4 members (excludes halogenated alkanes) is 2. The highest BCUT2D eigenvalue weighted by molar-refractivity contribution is 5.70. The Balaban J connectivity index is 1.38. The molecule has 4 rings (SSSR count). The number of H-pyrrole nitrogens is 1. The van der Waals surface area contributed by atoms with Crippen LogP contribution in [0, 0.1) is 11.6 Å². The summed E-state index contributed by atoms with van der Waals surface area (Å²) in [4.78, 5) is 16.4. The molecule has 0 spiro atoms. The predicted octanol–water partition coefficient (Wildman–Crippen LogP) is 4.81. The van der Waals surface area contributed by atoms with Gasteiger partial charge in [-0.05, 0) is 71.1 Å². The summed E-state index contributed by atoms with van der Waals surface area (Å²) in [5.74, 6) is -1.76. The van der Waals surface area contributed by atoms with E-state index in [0.29, 0.717) is 51.6 Å². The molecule has 2 atom stereocenters. The van der Waals surface area contributed by atoms with Crippen LogP contribution in [0.2, 0.25) is 0 Å². The van der Waals surface area contributed by atoms with Gasteiger partial charge in [0.15, 0.2) is 0 Å². The Bertz CT molecular complexity index is 1450. The quantitative estimate of drug-likeness (QED) is 0.216. The predicted molar refractivity (Wildman–Crippen MR) is 163 cm³/mol. The van der Waals surface area contributed by atoms with Crippen LogP contribution in [0.5, 0.6) is 5.75 Å². The van der Waals surface area contributed by atoms with Crippen molar-refractivity contribution in [2.75, 3.05) is 46.2 Å². The lowest BCUT2D eigenvalue weighted by Gasteiger charge is -2.42. The van der Waals surface area contributed by atoms with E-state index in [-0.39, 0.29) is 30.5 Å². The first kappa shape index (κ1) is 33.6. The van der Waals surface area contributed by atoms with Crippen LogP contribution < -0.4 is 15.3 Å². The summed E-state index contributed by atoms with van der Waals surface area (Å²) in [5.41, 5.74) is 3.17. The molecule has 1 N–H and O–H groups in total. The number of hydrogen-bond donors (Lipinski definition) is 1. The highest BCUT2D eigenvalue weighted by atomic mass is 19.1. The number of esters is 1. The van der Waals surface area contributed by atoms with Gasteiger partial charge in [-0.15, -0.1) is 5.73 Å². The van der Waals surface area contributed by atoms with Crippen molar-refractivity contribution in [3.8, 4) is 5.75 Å². The van der Waals surface area contributed by atoms with E-state index >= 15 is 13.2 Å². The molecule has 0 saturated carbocycles. The van der Waals surface area contributed by atoms with Crippen molar-refractivity contribution >= 4 is 17.8 Å². The van der Waals surface area contributed by atoms with E-state index in [1.807, 2.05) is 36.1 Å². The molecule has 1 aromatic carbocycles. The topological polar surface area (TPSA) is 73.0 Å². The smallest absolute Gasteiger partial charge is 0.332 e. The van der Waals surface area contributed by atoms with Crippen LogP contribution in [0.3, 0.4) is 0 Å². The molecule has 1 aliphatic heterocycles. The minimum absolute atomic E-state index is 0.00654. The fourth-order valence-electron chi connectivity index (χ4n) is 5.64. The number of aromatic nitrogens is 1. The molecule has 0 saturated heterocycles. The number of ether oxygens (including phenoxy) is 4. The highest BCUT2D eigenvalue weighted by Crippen LogP contribution is 2.40. The lowest BCUT2D eigenvalue weighted by atomic mass is 9.87. The maximum Gasteiger partial charge on any atom is 0.332 e. The van der Waals surface area contributed by atoms with Gasteiger partial charge in [-0.25, -0.2) is 18.0 Å². The molecule has 0 bridgehead atoms. The molecule has 240 valence electrons. The lowest BCUT2D eigenvalue weighted by Crippen LogP contribution is -2.48. The maximum absolute atomic E-state index is 15.8. The van der Waals surface area contributed by atoms with Crippen molar-refractivity contribution in [1.82, 2.24) is 9.88 Å². The Morgan fingerprint density at radius 2 is 1.80 bits per heavy atom. The fourth-order valence-corrected chi connectivity index (χ4v) is 5.64. The number of rotatable bonds is 16. The van der Waals surface area contributed by atoms with Crippen LogP contribution in [0.1, 0.15) is 69.8 Å². The van der Waals surface area contributed by atoms with Gasteiger partial charge in [0.2, 0.25) is 0 Å². The molecular weight excluding hydrogens is 573 g/mol. The van der Waals surface area contributed by atoms with Gasteiger partial charge in [0.05, 0.1) is 37.8 Å². The van der Waals surface area contributed by atoms with Crippen molar-refractivity contribution in [3.05, 3.63) is 69.4 Å². The first-order valence-electron chi connectivity index (χ1n) is 15.3. The molecule has 1 aromatic heterocycles. The van der Waals surface area contributed by atoms with E-state index in [1.165, 1.54) is 26.0 Å². The van der Waals surface area contributed by atoms with E-state index in [1.54, 1.807) is 6.92 Å². The first-order chi connectivity index (χ1) is 21.1. The van der Waals surface area contributed by atoms with E-state index in [4.69, 9.17) is 18.9 Å². The number of carbonyl (C=O) groups excluding carboxylic acids is 1. The van der Waals surface area contributed by atoms with E-state index < -0.39 is 29.3 Å². The number of alkyl halides is 1. The number of allylic oxidation sites excluding steroid dienone is 3. The van der Waals surface area contributed by atoms with E-state index in [2.05, 4.69) is 10.7 Å². The normalized spacial score (nSPS) is 17.8. The Morgan fingerprint density at radius 1 is 1.07 bits per heavy atom. The Hall–Kier alpha value is -3.30. The van der Waals surface area contributed by atoms with Crippen LogP contribution in [0.25, 0.3) is 11.8 Å². The van der Waals surface area contributed by atoms with Crippen molar-refractivity contribution in [2.24, 2.45) is 0 Å². The average Bonchev–Trinajstić information content (AvgIpc) is 3.12. The van der Waals surface area contributed by atoms with Crippen molar-refractivity contribution < 1.29 is 36.9 Å².